The molecule has 0 heterocycles. The Labute approximate surface area is 170 Å². The standard InChI is InChI=1S/C27H32O/c1-4-8-22-14-16-26(17-15-22)28-27-13-7-11-24(20-27)18-21(3)25-12-6-10-23(19-25)9-5-2/h6-7,10-17,19-21H,4-5,8-9,18H2,1-3H3. The fraction of sp³-hybridized carbons (Fsp3) is 0.333. The van der Waals surface area contributed by atoms with E-state index in [4.69, 9.17) is 4.74 Å². The molecule has 3 rings (SSSR count). The van der Waals surface area contributed by atoms with Gasteiger partial charge in [0.15, 0.2) is 0 Å². The van der Waals surface area contributed by atoms with Gasteiger partial charge in [-0.1, -0.05) is 82.1 Å². The number of hydrogen-bond donors (Lipinski definition) is 0. The smallest absolute Gasteiger partial charge is 0.127 e. The van der Waals surface area contributed by atoms with Crippen molar-refractivity contribution in [3.05, 3.63) is 95.1 Å². The van der Waals surface area contributed by atoms with Gasteiger partial charge in [-0.2, -0.15) is 0 Å². The van der Waals surface area contributed by atoms with Crippen molar-refractivity contribution in [3.8, 4) is 11.5 Å². The average Bonchev–Trinajstić information content (AvgIpc) is 2.70. The van der Waals surface area contributed by atoms with E-state index in [0.29, 0.717) is 5.92 Å². The van der Waals surface area contributed by atoms with Crippen LogP contribution < -0.4 is 4.74 Å². The molecule has 1 unspecified atom stereocenters. The summed E-state index contributed by atoms with van der Waals surface area (Å²) < 4.78 is 6.09. The molecule has 0 bridgehead atoms. The highest BCUT2D eigenvalue weighted by Gasteiger charge is 2.09. The molecule has 146 valence electrons. The summed E-state index contributed by atoms with van der Waals surface area (Å²) in [4.78, 5) is 0. The lowest BCUT2D eigenvalue weighted by Gasteiger charge is -2.14. The second-order valence-electron chi connectivity index (χ2n) is 7.74. The molecule has 0 N–H and O–H groups in total. The molecule has 0 aliphatic carbocycles. The summed E-state index contributed by atoms with van der Waals surface area (Å²) in [7, 11) is 0. The minimum atomic E-state index is 0.486. The van der Waals surface area contributed by atoms with Crippen molar-refractivity contribution in [2.24, 2.45) is 0 Å². The van der Waals surface area contributed by atoms with Gasteiger partial charge in [-0.05, 0) is 71.7 Å². The fourth-order valence-corrected chi connectivity index (χ4v) is 3.70. The highest BCUT2D eigenvalue weighted by molar-refractivity contribution is 5.36. The van der Waals surface area contributed by atoms with Gasteiger partial charge in [0.1, 0.15) is 11.5 Å². The van der Waals surface area contributed by atoms with Crippen molar-refractivity contribution in [1.29, 1.82) is 0 Å². The van der Waals surface area contributed by atoms with Crippen LogP contribution in [0.3, 0.4) is 0 Å². The van der Waals surface area contributed by atoms with E-state index in [-0.39, 0.29) is 0 Å². The van der Waals surface area contributed by atoms with E-state index in [9.17, 15) is 0 Å². The van der Waals surface area contributed by atoms with Gasteiger partial charge in [0.25, 0.3) is 0 Å². The van der Waals surface area contributed by atoms with E-state index in [1.165, 1.54) is 35.1 Å². The third-order valence-electron chi connectivity index (χ3n) is 5.20. The predicted molar refractivity (Wildman–Crippen MR) is 120 cm³/mol. The molecule has 0 aliphatic heterocycles. The van der Waals surface area contributed by atoms with Gasteiger partial charge < -0.3 is 4.74 Å². The van der Waals surface area contributed by atoms with Gasteiger partial charge in [-0.3, -0.25) is 0 Å². The van der Waals surface area contributed by atoms with Crippen molar-refractivity contribution in [1.82, 2.24) is 0 Å². The van der Waals surface area contributed by atoms with Crippen LogP contribution in [0.4, 0.5) is 0 Å². The molecule has 0 saturated heterocycles. The minimum absolute atomic E-state index is 0.486. The lowest BCUT2D eigenvalue weighted by atomic mass is 9.92. The summed E-state index contributed by atoms with van der Waals surface area (Å²) in [5.74, 6) is 2.30. The first-order valence-electron chi connectivity index (χ1n) is 10.6. The van der Waals surface area contributed by atoms with Gasteiger partial charge in [-0.15, -0.1) is 0 Å². The number of hydrogen-bond acceptors (Lipinski definition) is 1. The van der Waals surface area contributed by atoms with E-state index in [1.807, 2.05) is 6.07 Å². The molecule has 3 aromatic carbocycles. The van der Waals surface area contributed by atoms with E-state index in [1.54, 1.807) is 0 Å². The van der Waals surface area contributed by atoms with E-state index < -0.39 is 0 Å². The van der Waals surface area contributed by atoms with Crippen LogP contribution >= 0.6 is 0 Å². The van der Waals surface area contributed by atoms with Gasteiger partial charge >= 0.3 is 0 Å². The summed E-state index contributed by atoms with van der Waals surface area (Å²) in [6.07, 6.45) is 5.65. The van der Waals surface area contributed by atoms with Crippen LogP contribution in [0.15, 0.2) is 72.8 Å². The van der Waals surface area contributed by atoms with Crippen LogP contribution in [-0.4, -0.2) is 0 Å². The van der Waals surface area contributed by atoms with Gasteiger partial charge in [0, 0.05) is 0 Å². The van der Waals surface area contributed by atoms with Crippen molar-refractivity contribution in [2.75, 3.05) is 0 Å². The maximum Gasteiger partial charge on any atom is 0.127 e. The van der Waals surface area contributed by atoms with E-state index in [2.05, 4.69) is 87.5 Å². The molecule has 0 aromatic heterocycles. The van der Waals surface area contributed by atoms with Gasteiger partial charge in [0.2, 0.25) is 0 Å². The summed E-state index contributed by atoms with van der Waals surface area (Å²) in [5.41, 5.74) is 5.54. The van der Waals surface area contributed by atoms with Crippen LogP contribution in [0.1, 0.15) is 61.8 Å². The Bertz CT molecular complexity index is 863. The highest BCUT2D eigenvalue weighted by atomic mass is 16.5. The van der Waals surface area contributed by atoms with Crippen LogP contribution in [0.25, 0.3) is 0 Å². The topological polar surface area (TPSA) is 9.23 Å². The van der Waals surface area contributed by atoms with Gasteiger partial charge in [0.05, 0.1) is 0 Å². The molecule has 1 heteroatoms. The van der Waals surface area contributed by atoms with E-state index >= 15 is 0 Å². The average molecular weight is 373 g/mol. The predicted octanol–water partition coefficient (Wildman–Crippen LogP) is 7.73. The van der Waals surface area contributed by atoms with Crippen molar-refractivity contribution in [3.63, 3.8) is 0 Å². The maximum absolute atomic E-state index is 6.09. The zero-order valence-electron chi connectivity index (χ0n) is 17.4. The number of ether oxygens (including phenoxy) is 1. The molecule has 1 atom stereocenters. The molecule has 1 nitrogen and oxygen atoms in total. The zero-order valence-corrected chi connectivity index (χ0v) is 17.4. The SMILES string of the molecule is CCCc1ccc(Oc2cccc(CC(C)c3cccc(CCC)c3)c2)cc1. The Hall–Kier alpha value is -2.54. The zero-order chi connectivity index (χ0) is 19.8. The molecular formula is C27H32O. The highest BCUT2D eigenvalue weighted by Crippen LogP contribution is 2.26. The monoisotopic (exact) mass is 372 g/mol. The van der Waals surface area contributed by atoms with Crippen LogP contribution in [-0.2, 0) is 19.3 Å². The molecule has 28 heavy (non-hydrogen) atoms. The minimum Gasteiger partial charge on any atom is -0.457 e. The third kappa shape index (κ3) is 5.73. The molecule has 0 fully saturated rings. The Balaban J connectivity index is 1.66. The Kier molecular flexibility index (Phi) is 7.31. The Morgan fingerprint density at radius 2 is 1.36 bits per heavy atom. The molecule has 0 amide bonds. The van der Waals surface area contributed by atoms with E-state index in [0.717, 1.165) is 30.8 Å². The second-order valence-corrected chi connectivity index (χ2v) is 7.74. The molecule has 3 aromatic rings. The van der Waals surface area contributed by atoms with Crippen LogP contribution in [0.5, 0.6) is 11.5 Å². The summed E-state index contributed by atoms with van der Waals surface area (Å²) >= 11 is 0. The van der Waals surface area contributed by atoms with Crippen molar-refractivity contribution < 1.29 is 4.74 Å². The largest absolute Gasteiger partial charge is 0.457 e. The number of benzene rings is 3. The number of aryl methyl sites for hydroxylation is 2. The van der Waals surface area contributed by atoms with Crippen molar-refractivity contribution in [2.45, 2.75) is 58.8 Å². The summed E-state index contributed by atoms with van der Waals surface area (Å²) in [5, 5.41) is 0. The molecule has 0 spiro atoms. The Morgan fingerprint density at radius 3 is 2.11 bits per heavy atom. The second kappa shape index (κ2) is 10.1. The third-order valence-corrected chi connectivity index (χ3v) is 5.20. The van der Waals surface area contributed by atoms with Gasteiger partial charge in [-0.25, -0.2) is 0 Å². The first-order chi connectivity index (χ1) is 13.7. The van der Waals surface area contributed by atoms with Crippen LogP contribution in [0.2, 0.25) is 0 Å². The lowest BCUT2D eigenvalue weighted by molar-refractivity contribution is 0.481. The summed E-state index contributed by atoms with van der Waals surface area (Å²) in [6.45, 7) is 6.75. The van der Waals surface area contributed by atoms with Crippen molar-refractivity contribution >= 4 is 0 Å². The number of rotatable bonds is 9. The fourth-order valence-electron chi connectivity index (χ4n) is 3.70. The molecular weight excluding hydrogens is 340 g/mol. The van der Waals surface area contributed by atoms with Crippen LogP contribution in [0, 0.1) is 0 Å². The molecule has 0 radical (unpaired) electrons. The summed E-state index contributed by atoms with van der Waals surface area (Å²) in [6, 6.07) is 26.0. The molecule has 0 saturated carbocycles. The quantitative estimate of drug-likeness (QED) is 0.373. The maximum atomic E-state index is 6.09. The first-order valence-corrected chi connectivity index (χ1v) is 10.6. The molecule has 0 aliphatic rings. The first kappa shape index (κ1) is 20.2. The Morgan fingerprint density at radius 1 is 0.679 bits per heavy atom. The normalized spacial score (nSPS) is 12.0. The lowest BCUT2D eigenvalue weighted by Crippen LogP contribution is -2.00.